The van der Waals surface area contributed by atoms with Gasteiger partial charge in [0.2, 0.25) is 5.91 Å². The molecule has 0 fully saturated rings. The molecule has 0 unspecified atom stereocenters. The van der Waals surface area contributed by atoms with Crippen LogP contribution < -0.4 is 10.8 Å². The number of hydrogen-bond acceptors (Lipinski definition) is 7. The fourth-order valence-electron chi connectivity index (χ4n) is 2.72. The van der Waals surface area contributed by atoms with Gasteiger partial charge in [0.25, 0.3) is 5.91 Å². The summed E-state index contributed by atoms with van der Waals surface area (Å²) >= 11 is 0. The second-order valence-electron chi connectivity index (χ2n) is 6.84. The lowest BCUT2D eigenvalue weighted by Gasteiger charge is -2.25. The number of benzene rings is 1. The molecule has 0 bridgehead atoms. The first-order chi connectivity index (χ1) is 13.2. The molecule has 0 saturated carbocycles. The van der Waals surface area contributed by atoms with Crippen LogP contribution in [-0.4, -0.2) is 52.0 Å². The number of aliphatic hydroxyl groups is 1. The minimum atomic E-state index is -1.77. The molecule has 1 aromatic carbocycles. The van der Waals surface area contributed by atoms with Crippen LogP contribution >= 0.6 is 0 Å². The summed E-state index contributed by atoms with van der Waals surface area (Å²) in [6, 6.07) is 5.07. The summed E-state index contributed by atoms with van der Waals surface area (Å²) in [6.07, 6.45) is -1.51. The van der Waals surface area contributed by atoms with Gasteiger partial charge in [-0.15, -0.1) is 0 Å². The standard InChI is InChI=1S/C19H28N2O7/c1-4-28-19(26)15(10-12-5-7-13(22)8-6-12)20-17(24)14(9-11(2)3)16(23)18(25)21-27/h5-8,11,14-16,22-23,27H,4,9-10H2,1-3H3,(H,20,24)(H,21,25)/t14-,15+,16+/m1/s1. The van der Waals surface area contributed by atoms with Crippen LogP contribution in [0.3, 0.4) is 0 Å². The number of hydroxylamine groups is 1. The minimum absolute atomic E-state index is 0.0324. The van der Waals surface area contributed by atoms with E-state index >= 15 is 0 Å². The van der Waals surface area contributed by atoms with Crippen molar-refractivity contribution >= 4 is 17.8 Å². The summed E-state index contributed by atoms with van der Waals surface area (Å²) in [5.41, 5.74) is 2.00. The van der Waals surface area contributed by atoms with E-state index in [1.165, 1.54) is 17.6 Å². The molecule has 1 rings (SSSR count). The molecule has 0 heterocycles. The molecule has 2 amide bonds. The molecule has 3 atom stereocenters. The van der Waals surface area contributed by atoms with Gasteiger partial charge in [0, 0.05) is 6.42 Å². The van der Waals surface area contributed by atoms with E-state index in [4.69, 9.17) is 9.94 Å². The van der Waals surface area contributed by atoms with E-state index in [2.05, 4.69) is 5.32 Å². The Morgan fingerprint density at radius 1 is 1.11 bits per heavy atom. The normalized spacial score (nSPS) is 14.1. The Bertz CT molecular complexity index is 661. The first-order valence-corrected chi connectivity index (χ1v) is 9.06. The minimum Gasteiger partial charge on any atom is -0.508 e. The largest absolute Gasteiger partial charge is 0.508 e. The SMILES string of the molecule is CCOC(=O)[C@H](Cc1ccc(O)cc1)NC(=O)[C@H](CC(C)C)[C@H](O)C(=O)NO. The monoisotopic (exact) mass is 396 g/mol. The topological polar surface area (TPSA) is 145 Å². The fourth-order valence-corrected chi connectivity index (χ4v) is 2.72. The van der Waals surface area contributed by atoms with Gasteiger partial charge in [0.1, 0.15) is 17.9 Å². The molecule has 0 aliphatic rings. The molecule has 156 valence electrons. The van der Waals surface area contributed by atoms with Gasteiger partial charge in [-0.2, -0.15) is 0 Å². The van der Waals surface area contributed by atoms with Gasteiger partial charge >= 0.3 is 5.97 Å². The maximum absolute atomic E-state index is 12.7. The van der Waals surface area contributed by atoms with Crippen LogP contribution in [0.5, 0.6) is 5.75 Å². The molecular weight excluding hydrogens is 368 g/mol. The van der Waals surface area contributed by atoms with Crippen LogP contribution in [0.1, 0.15) is 32.8 Å². The van der Waals surface area contributed by atoms with E-state index in [0.717, 1.165) is 0 Å². The van der Waals surface area contributed by atoms with Crippen molar-refractivity contribution in [3.05, 3.63) is 29.8 Å². The van der Waals surface area contributed by atoms with Crippen LogP contribution in [0.2, 0.25) is 0 Å². The van der Waals surface area contributed by atoms with Crippen LogP contribution in [0.4, 0.5) is 0 Å². The molecule has 28 heavy (non-hydrogen) atoms. The number of aromatic hydroxyl groups is 1. The Labute approximate surface area is 163 Å². The molecule has 0 saturated heterocycles. The van der Waals surface area contributed by atoms with Crippen molar-refractivity contribution in [3.8, 4) is 5.75 Å². The molecule has 0 spiro atoms. The van der Waals surface area contributed by atoms with E-state index in [0.29, 0.717) is 5.56 Å². The van der Waals surface area contributed by atoms with Gasteiger partial charge in [-0.05, 0) is 37.0 Å². The van der Waals surface area contributed by atoms with Crippen LogP contribution in [-0.2, 0) is 25.5 Å². The highest BCUT2D eigenvalue weighted by Crippen LogP contribution is 2.18. The second kappa shape index (κ2) is 11.3. The number of ether oxygens (including phenoxy) is 1. The number of aliphatic hydroxyl groups excluding tert-OH is 1. The predicted molar refractivity (Wildman–Crippen MR) is 99.3 cm³/mol. The average Bonchev–Trinajstić information content (AvgIpc) is 2.65. The summed E-state index contributed by atoms with van der Waals surface area (Å²) in [4.78, 5) is 36.6. The Kier molecular flexibility index (Phi) is 9.40. The smallest absolute Gasteiger partial charge is 0.328 e. The lowest BCUT2D eigenvalue weighted by atomic mass is 9.90. The molecule has 0 aliphatic heterocycles. The van der Waals surface area contributed by atoms with Crippen LogP contribution in [0, 0.1) is 11.8 Å². The number of esters is 1. The van der Waals surface area contributed by atoms with E-state index in [1.807, 2.05) is 13.8 Å². The van der Waals surface area contributed by atoms with Gasteiger partial charge in [-0.25, -0.2) is 10.3 Å². The summed E-state index contributed by atoms with van der Waals surface area (Å²) in [6.45, 7) is 5.37. The fraction of sp³-hybridized carbons (Fsp3) is 0.526. The van der Waals surface area contributed by atoms with Crippen molar-refractivity contribution < 1.29 is 34.5 Å². The summed E-state index contributed by atoms with van der Waals surface area (Å²) < 4.78 is 5.01. The highest BCUT2D eigenvalue weighted by Gasteiger charge is 2.35. The Hall–Kier alpha value is -2.65. The number of phenolic OH excluding ortho intramolecular Hbond substituents is 1. The van der Waals surface area contributed by atoms with Gasteiger partial charge in [-0.3, -0.25) is 14.8 Å². The number of nitrogens with one attached hydrogen (secondary N) is 2. The van der Waals surface area contributed by atoms with Crippen molar-refractivity contribution in [2.45, 2.75) is 45.8 Å². The number of rotatable bonds is 10. The lowest BCUT2D eigenvalue weighted by molar-refractivity contribution is -0.150. The Morgan fingerprint density at radius 2 is 1.71 bits per heavy atom. The van der Waals surface area contributed by atoms with Crippen molar-refractivity contribution in [2.75, 3.05) is 6.61 Å². The van der Waals surface area contributed by atoms with Gasteiger partial charge in [-0.1, -0.05) is 26.0 Å². The average molecular weight is 396 g/mol. The van der Waals surface area contributed by atoms with Crippen LogP contribution in [0.25, 0.3) is 0 Å². The summed E-state index contributed by atoms with van der Waals surface area (Å²) in [5.74, 6) is -3.60. The zero-order valence-electron chi connectivity index (χ0n) is 16.2. The third-order valence-corrected chi connectivity index (χ3v) is 4.09. The predicted octanol–water partition coefficient (Wildman–Crippen LogP) is 0.511. The number of carbonyl (C=O) groups excluding carboxylic acids is 3. The Morgan fingerprint density at radius 3 is 2.21 bits per heavy atom. The van der Waals surface area contributed by atoms with Gasteiger partial charge in [0.05, 0.1) is 12.5 Å². The molecule has 0 radical (unpaired) electrons. The highest BCUT2D eigenvalue weighted by molar-refractivity contribution is 5.91. The molecule has 0 aliphatic carbocycles. The first-order valence-electron chi connectivity index (χ1n) is 9.06. The van der Waals surface area contributed by atoms with E-state index in [1.54, 1.807) is 19.1 Å². The summed E-state index contributed by atoms with van der Waals surface area (Å²) in [5, 5.41) is 30.7. The second-order valence-corrected chi connectivity index (χ2v) is 6.84. The number of amides is 2. The van der Waals surface area contributed by atoms with E-state index in [-0.39, 0.29) is 31.1 Å². The van der Waals surface area contributed by atoms with Gasteiger partial charge < -0.3 is 20.3 Å². The number of hydrogen-bond donors (Lipinski definition) is 5. The highest BCUT2D eigenvalue weighted by atomic mass is 16.5. The molecular formula is C19H28N2O7. The molecule has 0 aromatic heterocycles. The number of carbonyl (C=O) groups is 3. The van der Waals surface area contributed by atoms with Crippen molar-refractivity contribution in [1.29, 1.82) is 0 Å². The van der Waals surface area contributed by atoms with Crippen molar-refractivity contribution in [3.63, 3.8) is 0 Å². The molecule has 1 aromatic rings. The molecule has 9 heteroatoms. The first kappa shape index (κ1) is 23.4. The van der Waals surface area contributed by atoms with Crippen molar-refractivity contribution in [1.82, 2.24) is 10.8 Å². The summed E-state index contributed by atoms with van der Waals surface area (Å²) in [7, 11) is 0. The van der Waals surface area contributed by atoms with E-state index in [9.17, 15) is 24.6 Å². The van der Waals surface area contributed by atoms with Gasteiger partial charge in [0.15, 0.2) is 0 Å². The van der Waals surface area contributed by atoms with Crippen molar-refractivity contribution in [2.24, 2.45) is 11.8 Å². The van der Waals surface area contributed by atoms with E-state index < -0.39 is 35.8 Å². The maximum Gasteiger partial charge on any atom is 0.328 e. The third kappa shape index (κ3) is 7.16. The zero-order valence-corrected chi connectivity index (χ0v) is 16.2. The number of phenols is 1. The quantitative estimate of drug-likeness (QED) is 0.220. The third-order valence-electron chi connectivity index (χ3n) is 4.09. The molecule has 5 N–H and O–H groups in total. The Balaban J connectivity index is 3.01. The van der Waals surface area contributed by atoms with Crippen LogP contribution in [0.15, 0.2) is 24.3 Å². The lowest BCUT2D eigenvalue weighted by Crippen LogP contribution is -2.51. The molecule has 9 nitrogen and oxygen atoms in total. The zero-order chi connectivity index (χ0) is 21.3. The maximum atomic E-state index is 12.7.